The normalized spacial score (nSPS) is 10.5. The number of aromatic nitrogens is 3. The molecule has 0 saturated carbocycles. The molecule has 3 aromatic rings. The monoisotopic (exact) mass is 354 g/mol. The van der Waals surface area contributed by atoms with Gasteiger partial charge in [-0.1, -0.05) is 0 Å². The van der Waals surface area contributed by atoms with Crippen LogP contribution in [0.2, 0.25) is 0 Å². The predicted octanol–water partition coefficient (Wildman–Crippen LogP) is 1.23. The van der Waals surface area contributed by atoms with Gasteiger partial charge in [-0.3, -0.25) is 9.59 Å². The van der Waals surface area contributed by atoms with Crippen molar-refractivity contribution in [3.63, 3.8) is 0 Å². The molecule has 0 fully saturated rings. The van der Waals surface area contributed by atoms with Gasteiger partial charge in [0.2, 0.25) is 0 Å². The number of likely N-dealkylation sites (N-methyl/N-ethyl adjacent to an activating group) is 1. The van der Waals surface area contributed by atoms with Crippen LogP contribution in [0.1, 0.15) is 16.1 Å². The van der Waals surface area contributed by atoms with Gasteiger partial charge in [-0.2, -0.15) is 0 Å². The largest absolute Gasteiger partial charge is 0.484 e. The van der Waals surface area contributed by atoms with E-state index in [1.165, 1.54) is 0 Å². The Hall–Kier alpha value is -3.62. The van der Waals surface area contributed by atoms with Crippen LogP contribution in [0.4, 0.5) is 11.4 Å². The minimum absolute atomic E-state index is 0.0506. The van der Waals surface area contributed by atoms with Gasteiger partial charge in [0.25, 0.3) is 11.8 Å². The third kappa shape index (κ3) is 3.41. The van der Waals surface area contributed by atoms with Gasteiger partial charge in [0.1, 0.15) is 5.75 Å². The van der Waals surface area contributed by atoms with Crippen molar-refractivity contribution in [2.75, 3.05) is 19.0 Å². The number of ether oxygens (including phenoxy) is 1. The quantitative estimate of drug-likeness (QED) is 0.526. The van der Waals surface area contributed by atoms with Crippen LogP contribution < -0.4 is 21.1 Å². The molecule has 2 amide bonds. The molecule has 0 radical (unpaired) electrons. The van der Waals surface area contributed by atoms with Crippen molar-refractivity contribution in [3.8, 4) is 5.75 Å². The zero-order valence-corrected chi connectivity index (χ0v) is 14.3. The zero-order valence-electron chi connectivity index (χ0n) is 14.3. The molecule has 0 aliphatic heterocycles. The molecule has 0 aliphatic rings. The number of primary amides is 1. The number of hydrogen-bond acceptors (Lipinski definition) is 6. The lowest BCUT2D eigenvalue weighted by Crippen LogP contribution is -2.25. The summed E-state index contributed by atoms with van der Waals surface area (Å²) in [4.78, 5) is 25.9. The van der Waals surface area contributed by atoms with Gasteiger partial charge >= 0.3 is 0 Å². The second-order valence-electron chi connectivity index (χ2n) is 5.59. The lowest BCUT2D eigenvalue weighted by atomic mass is 10.1. The Balaban J connectivity index is 1.90. The molecule has 9 heteroatoms. The van der Waals surface area contributed by atoms with Crippen molar-refractivity contribution in [1.82, 2.24) is 20.5 Å². The molecule has 0 bridgehead atoms. The fourth-order valence-electron chi connectivity index (χ4n) is 2.47. The maximum atomic E-state index is 11.7. The highest BCUT2D eigenvalue weighted by molar-refractivity contribution is 6.05. The van der Waals surface area contributed by atoms with Gasteiger partial charge in [0.05, 0.1) is 5.69 Å². The van der Waals surface area contributed by atoms with Gasteiger partial charge in [-0.15, -0.1) is 10.2 Å². The van der Waals surface area contributed by atoms with Crippen LogP contribution in [-0.4, -0.2) is 40.7 Å². The summed E-state index contributed by atoms with van der Waals surface area (Å²) in [6.45, 7) is 1.80. The van der Waals surface area contributed by atoms with Crippen LogP contribution in [0.3, 0.4) is 0 Å². The smallest absolute Gasteiger partial charge is 0.271 e. The van der Waals surface area contributed by atoms with E-state index >= 15 is 0 Å². The third-order valence-electron chi connectivity index (χ3n) is 3.80. The molecular weight excluding hydrogens is 336 g/mol. The number of aryl methyl sites for hydroxylation is 1. The summed E-state index contributed by atoms with van der Waals surface area (Å²) in [5.41, 5.74) is 8.02. The van der Waals surface area contributed by atoms with E-state index in [0.717, 1.165) is 5.56 Å². The Kier molecular flexibility index (Phi) is 4.70. The first-order valence-electron chi connectivity index (χ1n) is 7.84. The molecule has 0 unspecified atom stereocenters. The van der Waals surface area contributed by atoms with Crippen LogP contribution in [0.15, 0.2) is 30.5 Å². The fourth-order valence-corrected chi connectivity index (χ4v) is 2.47. The van der Waals surface area contributed by atoms with Crippen molar-refractivity contribution in [3.05, 3.63) is 41.7 Å². The first-order chi connectivity index (χ1) is 12.5. The summed E-state index contributed by atoms with van der Waals surface area (Å²) in [5.74, 6) is -0.297. The molecule has 5 N–H and O–H groups in total. The van der Waals surface area contributed by atoms with E-state index in [-0.39, 0.29) is 18.2 Å². The van der Waals surface area contributed by atoms with Crippen LogP contribution in [-0.2, 0) is 4.79 Å². The lowest BCUT2D eigenvalue weighted by molar-refractivity contribution is -0.122. The van der Waals surface area contributed by atoms with Crippen molar-refractivity contribution < 1.29 is 14.3 Å². The summed E-state index contributed by atoms with van der Waals surface area (Å²) >= 11 is 0. The average molecular weight is 354 g/mol. The summed E-state index contributed by atoms with van der Waals surface area (Å²) in [5, 5.41) is 14.2. The molecule has 26 heavy (non-hydrogen) atoms. The Morgan fingerprint density at radius 1 is 1.27 bits per heavy atom. The molecule has 134 valence electrons. The average Bonchev–Trinajstić information content (AvgIpc) is 3.10. The summed E-state index contributed by atoms with van der Waals surface area (Å²) in [7, 11) is 1.55. The van der Waals surface area contributed by atoms with E-state index < -0.39 is 5.91 Å². The topological polar surface area (TPSA) is 135 Å². The lowest BCUT2D eigenvalue weighted by Gasteiger charge is -2.13. The Bertz CT molecular complexity index is 982. The van der Waals surface area contributed by atoms with Gasteiger partial charge < -0.3 is 26.1 Å². The molecular formula is C17H18N6O3. The van der Waals surface area contributed by atoms with Gasteiger partial charge in [0.15, 0.2) is 17.9 Å². The van der Waals surface area contributed by atoms with Crippen LogP contribution in [0.5, 0.6) is 5.75 Å². The molecule has 3 rings (SSSR count). The molecule has 9 nitrogen and oxygen atoms in total. The second kappa shape index (κ2) is 7.09. The second-order valence-corrected chi connectivity index (χ2v) is 5.59. The molecule has 0 aliphatic carbocycles. The number of carbonyl (C=O) groups is 2. The molecule has 2 heterocycles. The minimum atomic E-state index is -0.676. The number of nitrogens with one attached hydrogen (secondary N) is 3. The fraction of sp³-hybridized carbons (Fsp3) is 0.176. The number of nitrogens with two attached hydrogens (primary N) is 1. The summed E-state index contributed by atoms with van der Waals surface area (Å²) < 4.78 is 5.47. The van der Waals surface area contributed by atoms with Crippen molar-refractivity contribution in [1.29, 1.82) is 0 Å². The number of fused-ring (bicyclic) bond motifs is 1. The minimum Gasteiger partial charge on any atom is -0.484 e. The predicted molar refractivity (Wildman–Crippen MR) is 96.4 cm³/mol. The Labute approximate surface area is 148 Å². The maximum absolute atomic E-state index is 11.7. The Morgan fingerprint density at radius 2 is 2.08 bits per heavy atom. The Morgan fingerprint density at radius 3 is 2.77 bits per heavy atom. The molecule has 1 aromatic carbocycles. The molecule has 0 atom stereocenters. The number of amides is 2. The molecule has 2 aromatic heterocycles. The standard InChI is InChI=1S/C17H18N6O3/c1-9-7-10(3-4-12(9)26-8-13(24)19-2)21-14-11-5-6-20-17(11)23-22-15(14)16(18)25/h3-7H,8H2,1-2H3,(H2,18,25)(H,19,24)(H2,20,21,23). The van der Waals surface area contributed by atoms with Crippen LogP contribution >= 0.6 is 0 Å². The highest BCUT2D eigenvalue weighted by Gasteiger charge is 2.16. The van der Waals surface area contributed by atoms with E-state index in [4.69, 9.17) is 10.5 Å². The number of H-pyrrole nitrogens is 1. The maximum Gasteiger partial charge on any atom is 0.271 e. The first-order valence-corrected chi connectivity index (χ1v) is 7.84. The van der Waals surface area contributed by atoms with Gasteiger partial charge in [0, 0.05) is 24.3 Å². The third-order valence-corrected chi connectivity index (χ3v) is 3.80. The highest BCUT2D eigenvalue weighted by Crippen LogP contribution is 2.29. The summed E-state index contributed by atoms with van der Waals surface area (Å²) in [6.07, 6.45) is 1.70. The molecule has 0 spiro atoms. The van der Waals surface area contributed by atoms with Crippen LogP contribution in [0.25, 0.3) is 11.0 Å². The van der Waals surface area contributed by atoms with Crippen LogP contribution in [0, 0.1) is 6.92 Å². The number of nitrogens with zero attached hydrogens (tertiary/aromatic N) is 2. The van der Waals surface area contributed by atoms with Crippen molar-refractivity contribution in [2.45, 2.75) is 6.92 Å². The number of rotatable bonds is 6. The van der Waals surface area contributed by atoms with E-state index in [1.807, 2.05) is 13.0 Å². The molecule has 0 saturated heterocycles. The number of aromatic amines is 1. The summed E-state index contributed by atoms with van der Waals surface area (Å²) in [6, 6.07) is 7.14. The number of hydrogen-bond donors (Lipinski definition) is 4. The van der Waals surface area contributed by atoms with Gasteiger partial charge in [-0.05, 0) is 36.8 Å². The van der Waals surface area contributed by atoms with E-state index in [1.54, 1.807) is 31.4 Å². The van der Waals surface area contributed by atoms with Crippen molar-refractivity contribution in [2.24, 2.45) is 5.73 Å². The zero-order chi connectivity index (χ0) is 18.7. The van der Waals surface area contributed by atoms with E-state index in [2.05, 4.69) is 25.8 Å². The van der Waals surface area contributed by atoms with Gasteiger partial charge in [-0.25, -0.2) is 0 Å². The number of carbonyl (C=O) groups excluding carboxylic acids is 2. The van der Waals surface area contributed by atoms with E-state index in [0.29, 0.717) is 28.2 Å². The SMILES string of the molecule is CNC(=O)COc1ccc(Nc2c(C(N)=O)nnc3[nH]ccc23)cc1C. The van der Waals surface area contributed by atoms with E-state index in [9.17, 15) is 9.59 Å². The first kappa shape index (κ1) is 17.2. The number of benzene rings is 1. The highest BCUT2D eigenvalue weighted by atomic mass is 16.5. The number of anilines is 2. The van der Waals surface area contributed by atoms with Crippen molar-refractivity contribution >= 4 is 34.2 Å².